The number of halogens is 1. The minimum atomic E-state index is -0.860. The van der Waals surface area contributed by atoms with E-state index in [0.717, 1.165) is 5.75 Å². The summed E-state index contributed by atoms with van der Waals surface area (Å²) in [4.78, 5) is 26.0. The van der Waals surface area contributed by atoms with Crippen molar-refractivity contribution in [3.8, 4) is 17.2 Å². The fourth-order valence-corrected chi connectivity index (χ4v) is 4.93. The molecular formula is C20H19FN2O4S. The van der Waals surface area contributed by atoms with E-state index in [-0.39, 0.29) is 11.8 Å². The quantitative estimate of drug-likeness (QED) is 0.827. The summed E-state index contributed by atoms with van der Waals surface area (Å²) in [5.74, 6) is 1.34. The lowest BCUT2D eigenvalue weighted by molar-refractivity contribution is -0.133. The van der Waals surface area contributed by atoms with E-state index in [2.05, 4.69) is 5.32 Å². The molecule has 0 saturated carbocycles. The highest BCUT2D eigenvalue weighted by molar-refractivity contribution is 8.01. The number of carbonyl (C=O) groups excluding carboxylic acids is 2. The van der Waals surface area contributed by atoms with E-state index in [1.807, 2.05) is 0 Å². The Morgan fingerprint density at radius 1 is 1.25 bits per heavy atom. The van der Waals surface area contributed by atoms with Crippen LogP contribution in [0.1, 0.15) is 12.8 Å². The zero-order valence-corrected chi connectivity index (χ0v) is 16.1. The Morgan fingerprint density at radius 2 is 2.07 bits per heavy atom. The van der Waals surface area contributed by atoms with Crippen LogP contribution in [0.2, 0.25) is 0 Å². The maximum Gasteiger partial charge on any atom is 0.261 e. The van der Waals surface area contributed by atoms with E-state index in [1.54, 1.807) is 35.2 Å². The molecule has 4 rings (SSSR count). The van der Waals surface area contributed by atoms with Crippen molar-refractivity contribution >= 4 is 29.3 Å². The molecule has 2 fully saturated rings. The second kappa shape index (κ2) is 7.35. The lowest BCUT2D eigenvalue weighted by atomic mass is 10.1. The van der Waals surface area contributed by atoms with Crippen molar-refractivity contribution in [3.05, 3.63) is 48.3 Å². The molecule has 2 amide bonds. The molecule has 8 heteroatoms. The third-order valence-electron chi connectivity index (χ3n) is 4.88. The predicted molar refractivity (Wildman–Crippen MR) is 104 cm³/mol. The number of rotatable bonds is 5. The van der Waals surface area contributed by atoms with Gasteiger partial charge in [-0.25, -0.2) is 4.39 Å². The lowest BCUT2D eigenvalue weighted by Crippen LogP contribution is -2.48. The minimum Gasteiger partial charge on any atom is -0.495 e. The molecule has 6 nitrogen and oxygen atoms in total. The predicted octanol–water partition coefficient (Wildman–Crippen LogP) is 3.63. The van der Waals surface area contributed by atoms with Gasteiger partial charge in [-0.15, -0.1) is 11.8 Å². The number of carbonyl (C=O) groups is 2. The molecule has 146 valence electrons. The molecule has 2 heterocycles. The van der Waals surface area contributed by atoms with Crippen molar-refractivity contribution in [1.82, 2.24) is 4.90 Å². The van der Waals surface area contributed by atoms with Gasteiger partial charge in [-0.3, -0.25) is 9.59 Å². The molecule has 2 aliphatic heterocycles. The Hall–Kier alpha value is -2.74. The van der Waals surface area contributed by atoms with Crippen LogP contribution in [0.5, 0.6) is 17.2 Å². The van der Waals surface area contributed by atoms with Crippen LogP contribution >= 0.6 is 11.8 Å². The number of hydrogen-bond acceptors (Lipinski definition) is 5. The first-order valence-corrected chi connectivity index (χ1v) is 9.88. The molecule has 1 unspecified atom stereocenters. The smallest absolute Gasteiger partial charge is 0.261 e. The van der Waals surface area contributed by atoms with E-state index in [1.165, 1.54) is 31.0 Å². The highest BCUT2D eigenvalue weighted by Crippen LogP contribution is 2.46. The van der Waals surface area contributed by atoms with Gasteiger partial charge in [-0.1, -0.05) is 6.07 Å². The van der Waals surface area contributed by atoms with Gasteiger partial charge in [-0.2, -0.15) is 0 Å². The number of nitrogens with one attached hydrogen (secondary N) is 1. The largest absolute Gasteiger partial charge is 0.495 e. The van der Waals surface area contributed by atoms with Crippen LogP contribution in [0.25, 0.3) is 0 Å². The van der Waals surface area contributed by atoms with Crippen LogP contribution in [0.4, 0.5) is 10.1 Å². The van der Waals surface area contributed by atoms with Crippen molar-refractivity contribution in [1.29, 1.82) is 0 Å². The summed E-state index contributed by atoms with van der Waals surface area (Å²) in [6.07, 6.45) is 0.865. The summed E-state index contributed by atoms with van der Waals surface area (Å²) < 4.78 is 24.4. The minimum absolute atomic E-state index is 0.00954. The summed E-state index contributed by atoms with van der Waals surface area (Å²) in [6.45, 7) is 0.580. The number of thioether (sulfide) groups is 1. The maximum absolute atomic E-state index is 13.4. The van der Waals surface area contributed by atoms with Crippen molar-refractivity contribution < 1.29 is 23.5 Å². The zero-order valence-electron chi connectivity index (χ0n) is 15.2. The van der Waals surface area contributed by atoms with Crippen molar-refractivity contribution in [3.63, 3.8) is 0 Å². The van der Waals surface area contributed by atoms with E-state index in [9.17, 15) is 14.0 Å². The van der Waals surface area contributed by atoms with Gasteiger partial charge >= 0.3 is 0 Å². The molecule has 0 radical (unpaired) electrons. The Bertz CT molecular complexity index is 938. The molecule has 28 heavy (non-hydrogen) atoms. The lowest BCUT2D eigenvalue weighted by Gasteiger charge is -2.29. The van der Waals surface area contributed by atoms with Crippen LogP contribution in [-0.4, -0.2) is 41.0 Å². The van der Waals surface area contributed by atoms with Crippen LogP contribution in [0.3, 0.4) is 0 Å². The van der Waals surface area contributed by atoms with Gasteiger partial charge in [0.1, 0.15) is 23.1 Å². The van der Waals surface area contributed by atoms with Crippen molar-refractivity contribution in [2.75, 3.05) is 24.7 Å². The van der Waals surface area contributed by atoms with Gasteiger partial charge in [0.15, 0.2) is 4.87 Å². The molecule has 1 atom stereocenters. The Balaban J connectivity index is 1.58. The Labute approximate surface area is 166 Å². The second-order valence-electron chi connectivity index (χ2n) is 6.55. The topological polar surface area (TPSA) is 67.9 Å². The number of nitrogens with zero attached hydrogens (tertiary/aromatic N) is 1. The first kappa shape index (κ1) is 18.6. The SMILES string of the molecule is COc1ccc(Oc2cccc(F)c2)cc1NC(=O)C12CCC(=O)N1CCS2. The van der Waals surface area contributed by atoms with Gasteiger partial charge in [0.25, 0.3) is 5.91 Å². The zero-order chi connectivity index (χ0) is 19.7. The number of benzene rings is 2. The number of amides is 2. The molecule has 1 N–H and O–H groups in total. The Morgan fingerprint density at radius 3 is 2.86 bits per heavy atom. The average molecular weight is 402 g/mol. The number of fused-ring (bicyclic) bond motifs is 1. The van der Waals surface area contributed by atoms with Gasteiger partial charge in [0.2, 0.25) is 5.91 Å². The normalized spacial score (nSPS) is 20.8. The summed E-state index contributed by atoms with van der Waals surface area (Å²) in [6, 6.07) is 10.8. The van der Waals surface area contributed by atoms with Crippen molar-refractivity contribution in [2.45, 2.75) is 17.7 Å². The van der Waals surface area contributed by atoms with Crippen LogP contribution < -0.4 is 14.8 Å². The summed E-state index contributed by atoms with van der Waals surface area (Å²) in [5.41, 5.74) is 0.433. The molecule has 2 saturated heterocycles. The van der Waals surface area contributed by atoms with Crippen LogP contribution in [0.15, 0.2) is 42.5 Å². The molecular weight excluding hydrogens is 383 g/mol. The van der Waals surface area contributed by atoms with Gasteiger partial charge in [0.05, 0.1) is 12.8 Å². The highest BCUT2D eigenvalue weighted by Gasteiger charge is 2.54. The molecule has 0 bridgehead atoms. The third-order valence-corrected chi connectivity index (χ3v) is 6.35. The van der Waals surface area contributed by atoms with E-state index in [4.69, 9.17) is 9.47 Å². The Kier molecular flexibility index (Phi) is 4.89. The molecule has 0 aromatic heterocycles. The molecule has 0 spiro atoms. The number of hydrogen-bond donors (Lipinski definition) is 1. The van der Waals surface area contributed by atoms with E-state index in [0.29, 0.717) is 42.3 Å². The first-order chi connectivity index (χ1) is 13.5. The summed E-state index contributed by atoms with van der Waals surface area (Å²) in [5, 5.41) is 2.89. The average Bonchev–Trinajstić information content (AvgIpc) is 3.24. The molecule has 0 aliphatic carbocycles. The fourth-order valence-electron chi connectivity index (χ4n) is 3.55. The van der Waals surface area contributed by atoms with Crippen molar-refractivity contribution in [2.24, 2.45) is 0 Å². The second-order valence-corrected chi connectivity index (χ2v) is 7.93. The molecule has 2 aliphatic rings. The standard InChI is InChI=1S/C20H19FN2O4S/c1-26-17-6-5-15(27-14-4-2-3-13(21)11-14)12-16(17)22-19(25)20-8-7-18(24)23(20)9-10-28-20/h2-6,11-12H,7-10H2,1H3,(H,22,25). The molecule has 2 aromatic rings. The summed E-state index contributed by atoms with van der Waals surface area (Å²) in [7, 11) is 1.51. The first-order valence-electron chi connectivity index (χ1n) is 8.89. The number of anilines is 1. The monoisotopic (exact) mass is 402 g/mol. The summed E-state index contributed by atoms with van der Waals surface area (Å²) >= 11 is 1.49. The number of methoxy groups -OCH3 is 1. The van der Waals surface area contributed by atoms with E-state index >= 15 is 0 Å². The van der Waals surface area contributed by atoms with Crippen LogP contribution in [0, 0.1) is 5.82 Å². The van der Waals surface area contributed by atoms with Gasteiger partial charge < -0.3 is 19.7 Å². The third kappa shape index (κ3) is 3.28. The number of ether oxygens (including phenoxy) is 2. The van der Waals surface area contributed by atoms with Gasteiger partial charge in [-0.05, 0) is 30.7 Å². The molecule has 2 aromatic carbocycles. The van der Waals surface area contributed by atoms with Crippen LogP contribution in [-0.2, 0) is 9.59 Å². The van der Waals surface area contributed by atoms with E-state index < -0.39 is 10.7 Å². The van der Waals surface area contributed by atoms with Gasteiger partial charge in [0, 0.05) is 30.9 Å². The highest BCUT2D eigenvalue weighted by atomic mass is 32.2. The fraction of sp³-hybridized carbons (Fsp3) is 0.300. The maximum atomic E-state index is 13.4.